The molecular weight excluding hydrogens is 148 g/mol. The molecule has 0 amide bonds. The van der Waals surface area contributed by atoms with E-state index in [1.165, 1.54) is 11.8 Å². The van der Waals surface area contributed by atoms with Crippen molar-refractivity contribution in [3.05, 3.63) is 0 Å². The van der Waals surface area contributed by atoms with Gasteiger partial charge in [-0.25, -0.2) is 4.79 Å². The average Bonchev–Trinajstić information content (AvgIpc) is 2.14. The van der Waals surface area contributed by atoms with Gasteiger partial charge in [0.25, 0.3) is 0 Å². The van der Waals surface area contributed by atoms with Crippen molar-refractivity contribution in [2.24, 2.45) is 0 Å². The molecule has 0 saturated carbocycles. The smallest absolute Gasteiger partial charge is 0.367 e. The number of hydrogen-bond donors (Lipinski definition) is 0. The normalized spacial score (nSPS) is 28.1. The lowest BCUT2D eigenvalue weighted by molar-refractivity contribution is 0.155. The second-order valence-corrected chi connectivity index (χ2v) is 2.72. The predicted molar refractivity (Wildman–Crippen MR) is 33.4 cm³/mol. The third kappa shape index (κ3) is 1.29. The van der Waals surface area contributed by atoms with E-state index in [1.54, 1.807) is 0 Å². The highest BCUT2D eigenvalue weighted by molar-refractivity contribution is 8.13. The third-order valence-electron chi connectivity index (χ3n) is 0.822. The zero-order valence-electron chi connectivity index (χ0n) is 4.09. The standard InChI is InChI=1S/C4H5ClO2S/c5-1-3-2-8-4(6)7-3/h3H,1-2H2. The van der Waals surface area contributed by atoms with E-state index >= 15 is 0 Å². The van der Waals surface area contributed by atoms with E-state index in [1.807, 2.05) is 0 Å². The fourth-order valence-corrected chi connectivity index (χ4v) is 1.45. The minimum atomic E-state index is -0.198. The Bertz CT molecular complexity index is 106. The number of rotatable bonds is 1. The van der Waals surface area contributed by atoms with E-state index in [0.29, 0.717) is 11.6 Å². The zero-order valence-corrected chi connectivity index (χ0v) is 5.67. The van der Waals surface area contributed by atoms with Crippen LogP contribution in [-0.4, -0.2) is 23.0 Å². The van der Waals surface area contributed by atoms with Crippen LogP contribution in [0.2, 0.25) is 0 Å². The van der Waals surface area contributed by atoms with Gasteiger partial charge in [0.15, 0.2) is 0 Å². The summed E-state index contributed by atoms with van der Waals surface area (Å²) in [6, 6.07) is 0. The lowest BCUT2D eigenvalue weighted by atomic mass is 10.5. The first-order chi connectivity index (χ1) is 3.83. The highest BCUT2D eigenvalue weighted by Crippen LogP contribution is 2.19. The Labute approximate surface area is 56.5 Å². The summed E-state index contributed by atoms with van der Waals surface area (Å²) in [5, 5.41) is -0.198. The number of carbonyl (C=O) groups is 1. The molecule has 1 aliphatic heterocycles. The summed E-state index contributed by atoms with van der Waals surface area (Å²) < 4.78 is 4.70. The summed E-state index contributed by atoms with van der Waals surface area (Å²) in [6.45, 7) is 0. The van der Waals surface area contributed by atoms with Gasteiger partial charge in [-0.1, -0.05) is 0 Å². The minimum Gasteiger partial charge on any atom is -0.452 e. The summed E-state index contributed by atoms with van der Waals surface area (Å²) in [7, 11) is 0. The van der Waals surface area contributed by atoms with Gasteiger partial charge in [0, 0.05) is 5.75 Å². The van der Waals surface area contributed by atoms with Crippen LogP contribution in [0.1, 0.15) is 0 Å². The maximum Gasteiger partial charge on any atom is 0.367 e. The molecule has 0 aromatic rings. The summed E-state index contributed by atoms with van der Waals surface area (Å²) in [4.78, 5) is 10.3. The number of hydrogen-bond acceptors (Lipinski definition) is 3. The Balaban J connectivity index is 2.32. The van der Waals surface area contributed by atoms with E-state index < -0.39 is 0 Å². The molecule has 2 nitrogen and oxygen atoms in total. The molecule has 0 spiro atoms. The molecule has 1 atom stereocenters. The number of halogens is 1. The van der Waals surface area contributed by atoms with Crippen LogP contribution in [0, 0.1) is 0 Å². The van der Waals surface area contributed by atoms with Crippen LogP contribution in [0.3, 0.4) is 0 Å². The monoisotopic (exact) mass is 152 g/mol. The van der Waals surface area contributed by atoms with Gasteiger partial charge in [0.1, 0.15) is 6.10 Å². The van der Waals surface area contributed by atoms with Crippen molar-refractivity contribution in [1.82, 2.24) is 0 Å². The molecule has 1 heterocycles. The minimum absolute atomic E-state index is 0.0471. The molecule has 1 rings (SSSR count). The van der Waals surface area contributed by atoms with Gasteiger partial charge in [0.05, 0.1) is 5.88 Å². The summed E-state index contributed by atoms with van der Waals surface area (Å²) in [5.74, 6) is 1.13. The van der Waals surface area contributed by atoms with Crippen LogP contribution in [0.15, 0.2) is 0 Å². The lowest BCUT2D eigenvalue weighted by Gasteiger charge is -1.98. The first-order valence-electron chi connectivity index (χ1n) is 2.22. The van der Waals surface area contributed by atoms with Crippen molar-refractivity contribution in [1.29, 1.82) is 0 Å². The van der Waals surface area contributed by atoms with Crippen LogP contribution in [-0.2, 0) is 4.74 Å². The van der Waals surface area contributed by atoms with E-state index in [9.17, 15) is 4.79 Å². The van der Waals surface area contributed by atoms with Crippen molar-refractivity contribution in [2.75, 3.05) is 11.6 Å². The third-order valence-corrected chi connectivity index (χ3v) is 2.04. The second kappa shape index (κ2) is 2.60. The predicted octanol–water partition coefficient (Wildman–Crippen LogP) is 1.48. The fourth-order valence-electron chi connectivity index (χ4n) is 0.441. The Kier molecular flexibility index (Phi) is 2.02. The molecule has 8 heavy (non-hydrogen) atoms. The summed E-state index contributed by atoms with van der Waals surface area (Å²) in [6.07, 6.45) is -0.0471. The van der Waals surface area contributed by atoms with E-state index in [-0.39, 0.29) is 11.4 Å². The van der Waals surface area contributed by atoms with Gasteiger partial charge in [0.2, 0.25) is 0 Å². The Morgan fingerprint density at radius 1 is 2.00 bits per heavy atom. The van der Waals surface area contributed by atoms with Crippen LogP contribution < -0.4 is 0 Å². The largest absolute Gasteiger partial charge is 0.452 e. The summed E-state index contributed by atoms with van der Waals surface area (Å²) >= 11 is 6.57. The van der Waals surface area contributed by atoms with Crippen molar-refractivity contribution in [2.45, 2.75) is 6.10 Å². The number of cyclic esters (lactones) is 1. The van der Waals surface area contributed by atoms with Gasteiger partial charge in [-0.15, -0.1) is 11.6 Å². The maximum absolute atomic E-state index is 10.3. The number of thioether (sulfide) groups is 1. The Morgan fingerprint density at radius 3 is 3.00 bits per heavy atom. The van der Waals surface area contributed by atoms with Gasteiger partial charge in [-0.05, 0) is 11.8 Å². The van der Waals surface area contributed by atoms with Crippen molar-refractivity contribution < 1.29 is 9.53 Å². The molecule has 0 aliphatic carbocycles. The fraction of sp³-hybridized carbons (Fsp3) is 0.750. The second-order valence-electron chi connectivity index (χ2n) is 1.46. The highest BCUT2D eigenvalue weighted by atomic mass is 35.5. The van der Waals surface area contributed by atoms with Crippen LogP contribution in [0.5, 0.6) is 0 Å². The molecule has 1 aliphatic rings. The highest BCUT2D eigenvalue weighted by Gasteiger charge is 2.22. The van der Waals surface area contributed by atoms with Crippen LogP contribution >= 0.6 is 23.4 Å². The lowest BCUT2D eigenvalue weighted by Crippen LogP contribution is -2.10. The number of carbonyl (C=O) groups excluding carboxylic acids is 1. The Morgan fingerprint density at radius 2 is 2.75 bits per heavy atom. The molecule has 1 fully saturated rings. The van der Waals surface area contributed by atoms with E-state index in [2.05, 4.69) is 0 Å². The molecular formula is C4H5ClO2S. The molecule has 46 valence electrons. The molecule has 0 aromatic heterocycles. The number of alkyl halides is 1. The van der Waals surface area contributed by atoms with Gasteiger partial charge in [-0.2, -0.15) is 0 Å². The first kappa shape index (κ1) is 6.23. The maximum atomic E-state index is 10.3. The van der Waals surface area contributed by atoms with Crippen LogP contribution in [0.4, 0.5) is 4.79 Å². The molecule has 4 heteroatoms. The molecule has 1 unspecified atom stereocenters. The molecule has 0 radical (unpaired) electrons. The SMILES string of the molecule is O=C1OC(CCl)CS1. The Hall–Kier alpha value is 0.110. The summed E-state index contributed by atoms with van der Waals surface area (Å²) in [5.41, 5.74) is 0. The van der Waals surface area contributed by atoms with Gasteiger partial charge < -0.3 is 4.74 Å². The first-order valence-corrected chi connectivity index (χ1v) is 3.74. The quantitative estimate of drug-likeness (QED) is 0.421. The van der Waals surface area contributed by atoms with E-state index in [0.717, 1.165) is 0 Å². The molecule has 0 bridgehead atoms. The van der Waals surface area contributed by atoms with Crippen LogP contribution in [0.25, 0.3) is 0 Å². The molecule has 0 aromatic carbocycles. The molecule has 1 saturated heterocycles. The molecule has 0 N–H and O–H groups in total. The average molecular weight is 153 g/mol. The van der Waals surface area contributed by atoms with E-state index in [4.69, 9.17) is 16.3 Å². The van der Waals surface area contributed by atoms with Crippen molar-refractivity contribution in [3.8, 4) is 0 Å². The topological polar surface area (TPSA) is 26.3 Å². The van der Waals surface area contributed by atoms with Gasteiger partial charge in [-0.3, -0.25) is 0 Å². The van der Waals surface area contributed by atoms with Crippen molar-refractivity contribution in [3.63, 3.8) is 0 Å². The van der Waals surface area contributed by atoms with Gasteiger partial charge >= 0.3 is 5.30 Å². The zero-order chi connectivity index (χ0) is 5.98. The number of ether oxygens (including phenoxy) is 1. The van der Waals surface area contributed by atoms with Crippen molar-refractivity contribution >= 4 is 28.7 Å².